The molecule has 0 aliphatic heterocycles. The van der Waals surface area contributed by atoms with Crippen LogP contribution in [0, 0.1) is 0 Å². The number of allylic oxidation sites excluding steroid dienone is 10. The molecule has 0 rings (SSSR count). The van der Waals surface area contributed by atoms with Crippen LogP contribution in [0.3, 0.4) is 0 Å². The van der Waals surface area contributed by atoms with E-state index in [1.54, 1.807) is 0 Å². The van der Waals surface area contributed by atoms with Crippen molar-refractivity contribution in [2.45, 2.75) is 116 Å². The van der Waals surface area contributed by atoms with E-state index in [0.717, 1.165) is 83.5 Å². The number of hydrogen-bond donors (Lipinski definition) is 0. The van der Waals surface area contributed by atoms with E-state index in [9.17, 15) is 14.3 Å². The summed E-state index contributed by atoms with van der Waals surface area (Å²) in [5, 5.41) is 0. The summed E-state index contributed by atoms with van der Waals surface area (Å²) < 4.78 is 34.2. The Morgan fingerprint density at radius 1 is 0.696 bits per heavy atom. The lowest BCUT2D eigenvalue weighted by atomic mass is 10.1. The largest absolute Gasteiger partial charge is 0.756 e. The molecule has 0 heterocycles. The maximum Gasteiger partial charge on any atom is 0.306 e. The molecule has 0 aromatic heterocycles. The second kappa shape index (κ2) is 30.5. The van der Waals surface area contributed by atoms with Gasteiger partial charge in [0.05, 0.1) is 34.4 Å². The monoisotopic (exact) mass is 667 g/mol. The quantitative estimate of drug-likeness (QED) is 0.0240. The van der Waals surface area contributed by atoms with Crippen molar-refractivity contribution in [3.8, 4) is 0 Å². The highest BCUT2D eigenvalue weighted by Crippen LogP contribution is 2.38. The van der Waals surface area contributed by atoms with Crippen molar-refractivity contribution in [3.63, 3.8) is 0 Å². The molecule has 2 unspecified atom stereocenters. The maximum absolute atomic E-state index is 12.5. The average Bonchev–Trinajstić information content (AvgIpc) is 2.99. The summed E-state index contributed by atoms with van der Waals surface area (Å²) in [4.78, 5) is 24.8. The molecule has 0 amide bonds. The van der Waals surface area contributed by atoms with Crippen LogP contribution in [-0.2, 0) is 27.9 Å². The summed E-state index contributed by atoms with van der Waals surface area (Å²) in [5.41, 5.74) is 0. The van der Waals surface area contributed by atoms with E-state index in [-0.39, 0.29) is 32.2 Å². The zero-order chi connectivity index (χ0) is 34.2. The van der Waals surface area contributed by atoms with Crippen LogP contribution in [0.2, 0.25) is 0 Å². The highest BCUT2D eigenvalue weighted by molar-refractivity contribution is 7.45. The Bertz CT molecular complexity index is 921. The lowest BCUT2D eigenvalue weighted by Gasteiger charge is -2.28. The number of likely N-dealkylation sites (N-methyl/N-ethyl adjacent to an activating group) is 1. The van der Waals surface area contributed by atoms with E-state index >= 15 is 0 Å². The Kier molecular flexibility index (Phi) is 29.3. The van der Waals surface area contributed by atoms with Crippen molar-refractivity contribution < 1.29 is 37.3 Å². The topological polar surface area (TPSA) is 94.1 Å². The molecule has 9 heteroatoms. The highest BCUT2D eigenvalue weighted by Gasteiger charge is 2.20. The molecule has 0 saturated heterocycles. The summed E-state index contributed by atoms with van der Waals surface area (Å²) in [6, 6.07) is 0. The van der Waals surface area contributed by atoms with Gasteiger partial charge in [-0.2, -0.15) is 0 Å². The van der Waals surface area contributed by atoms with Crippen molar-refractivity contribution in [1.82, 2.24) is 0 Å². The van der Waals surface area contributed by atoms with Crippen LogP contribution in [0.5, 0.6) is 0 Å². The van der Waals surface area contributed by atoms with Gasteiger partial charge in [-0.1, -0.05) is 100 Å². The normalized spacial score (nSPS) is 14.8. The molecular formula is C37H66NO7P. The van der Waals surface area contributed by atoms with Gasteiger partial charge < -0.3 is 27.9 Å². The van der Waals surface area contributed by atoms with Gasteiger partial charge in [0.25, 0.3) is 7.82 Å². The lowest BCUT2D eigenvalue weighted by Crippen LogP contribution is -2.37. The molecule has 0 bridgehead atoms. The van der Waals surface area contributed by atoms with Crippen LogP contribution in [-0.4, -0.2) is 70.7 Å². The Hall–Kier alpha value is -1.80. The van der Waals surface area contributed by atoms with Crippen LogP contribution in [0.25, 0.3) is 0 Å². The number of hydrogen-bond acceptors (Lipinski definition) is 7. The molecule has 0 aliphatic carbocycles. The zero-order valence-electron chi connectivity index (χ0n) is 29.7. The maximum atomic E-state index is 12.5. The molecule has 0 fully saturated rings. The van der Waals surface area contributed by atoms with Crippen LogP contribution in [0.1, 0.15) is 110 Å². The third-order valence-electron chi connectivity index (χ3n) is 6.78. The minimum atomic E-state index is -4.53. The number of unbranched alkanes of at least 4 members (excludes halogenated alkanes) is 7. The fraction of sp³-hybridized carbons (Fsp3) is 0.703. The Morgan fingerprint density at radius 2 is 1.26 bits per heavy atom. The first-order chi connectivity index (χ1) is 22.1. The van der Waals surface area contributed by atoms with Crippen molar-refractivity contribution in [2.24, 2.45) is 0 Å². The van der Waals surface area contributed by atoms with Gasteiger partial charge in [0.2, 0.25) is 0 Å². The van der Waals surface area contributed by atoms with Gasteiger partial charge in [0.1, 0.15) is 19.3 Å². The Labute approximate surface area is 281 Å². The zero-order valence-corrected chi connectivity index (χ0v) is 30.6. The van der Waals surface area contributed by atoms with Crippen LogP contribution < -0.4 is 4.89 Å². The third kappa shape index (κ3) is 33.6. The number of nitrogens with zero attached hydrogens (tertiary/aromatic N) is 1. The Morgan fingerprint density at radius 3 is 1.91 bits per heavy atom. The molecule has 0 aromatic carbocycles. The van der Waals surface area contributed by atoms with E-state index in [1.165, 1.54) is 6.42 Å². The van der Waals surface area contributed by atoms with Crippen LogP contribution >= 0.6 is 7.82 Å². The smallest absolute Gasteiger partial charge is 0.306 e. The molecule has 0 radical (unpaired) electrons. The third-order valence-corrected chi connectivity index (χ3v) is 7.75. The van der Waals surface area contributed by atoms with Crippen molar-refractivity contribution >= 4 is 13.8 Å². The number of phosphoric ester groups is 1. The average molecular weight is 668 g/mol. The van der Waals surface area contributed by atoms with Gasteiger partial charge in [-0.25, -0.2) is 0 Å². The predicted octanol–water partition coefficient (Wildman–Crippen LogP) is 8.79. The molecular weight excluding hydrogens is 601 g/mol. The number of carbonyl (C=O) groups is 1. The molecule has 2 atom stereocenters. The van der Waals surface area contributed by atoms with E-state index in [2.05, 4.69) is 74.6 Å². The molecule has 0 aromatic rings. The van der Waals surface area contributed by atoms with E-state index < -0.39 is 13.9 Å². The molecule has 0 aliphatic rings. The van der Waals surface area contributed by atoms with E-state index in [0.29, 0.717) is 17.6 Å². The minimum Gasteiger partial charge on any atom is -0.756 e. The van der Waals surface area contributed by atoms with Crippen molar-refractivity contribution in [1.29, 1.82) is 0 Å². The molecule has 46 heavy (non-hydrogen) atoms. The number of rotatable bonds is 31. The van der Waals surface area contributed by atoms with Gasteiger partial charge >= 0.3 is 5.97 Å². The first kappa shape index (κ1) is 44.2. The van der Waals surface area contributed by atoms with Crippen LogP contribution in [0.4, 0.5) is 0 Å². The van der Waals surface area contributed by atoms with Gasteiger partial charge in [0, 0.05) is 13.0 Å². The predicted molar refractivity (Wildman–Crippen MR) is 189 cm³/mol. The fourth-order valence-corrected chi connectivity index (χ4v) is 4.81. The molecule has 266 valence electrons. The van der Waals surface area contributed by atoms with E-state index in [1.807, 2.05) is 21.1 Å². The van der Waals surface area contributed by atoms with Crippen molar-refractivity contribution in [2.75, 3.05) is 54.1 Å². The van der Waals surface area contributed by atoms with Gasteiger partial charge in [-0.3, -0.25) is 9.36 Å². The summed E-state index contributed by atoms with van der Waals surface area (Å²) in [6.07, 6.45) is 35.3. The number of quaternary nitrogens is 1. The first-order valence-electron chi connectivity index (χ1n) is 17.5. The second-order valence-corrected chi connectivity index (χ2v) is 13.9. The van der Waals surface area contributed by atoms with Gasteiger partial charge in [-0.15, -0.1) is 0 Å². The standard InChI is InChI=1S/C37H66NO7P/c1-6-8-10-12-14-16-18-19-20-21-23-25-27-29-32-42-34-36(35-44-46(40,41)43-33-31-38(3,4)5)45-37(39)30-28-26-24-22-17-15-13-11-9-7-2/h8,10-11,13-14,16,19-20,23,25,36H,6-7,9,12,15,17-18,21-22,24,26-35H2,1-5H3/b10-8-,13-11-,16-14-,20-19-,25-23-. The van der Waals surface area contributed by atoms with Gasteiger partial charge in [0.15, 0.2) is 0 Å². The van der Waals surface area contributed by atoms with E-state index in [4.69, 9.17) is 18.5 Å². The Balaban J connectivity index is 4.47. The molecule has 0 spiro atoms. The van der Waals surface area contributed by atoms with Crippen molar-refractivity contribution in [3.05, 3.63) is 60.8 Å². The lowest BCUT2D eigenvalue weighted by molar-refractivity contribution is -0.870. The summed E-state index contributed by atoms with van der Waals surface area (Å²) in [7, 11) is 1.30. The second-order valence-electron chi connectivity index (χ2n) is 12.5. The summed E-state index contributed by atoms with van der Waals surface area (Å²) in [6.45, 7) is 5.02. The number of esters is 1. The SMILES string of the molecule is CC/C=C\C/C=C\C/C=C\C/C=C\CCCOCC(COP(=O)([O-])OCC[N+](C)(C)C)OC(=O)CCCCCCC/C=C\CCC. The van der Waals surface area contributed by atoms with Gasteiger partial charge in [-0.05, 0) is 64.2 Å². The fourth-order valence-electron chi connectivity index (χ4n) is 4.08. The number of ether oxygens (including phenoxy) is 2. The first-order valence-corrected chi connectivity index (χ1v) is 19.0. The summed E-state index contributed by atoms with van der Waals surface area (Å²) in [5.74, 6) is -0.369. The summed E-state index contributed by atoms with van der Waals surface area (Å²) >= 11 is 0. The molecule has 0 saturated carbocycles. The molecule has 8 nitrogen and oxygen atoms in total. The highest BCUT2D eigenvalue weighted by atomic mass is 31.2. The molecule has 0 N–H and O–H groups in total. The number of phosphoric acid groups is 1. The van der Waals surface area contributed by atoms with Crippen LogP contribution in [0.15, 0.2) is 60.8 Å². The number of carbonyl (C=O) groups excluding carboxylic acids is 1. The minimum absolute atomic E-state index is 0.0115.